The van der Waals surface area contributed by atoms with Crippen LogP contribution in [0, 0.1) is 5.92 Å². The highest BCUT2D eigenvalue weighted by Gasteiger charge is 2.40. The predicted molar refractivity (Wildman–Crippen MR) is 45.1 cm³/mol. The third kappa shape index (κ3) is 1.18. The van der Waals surface area contributed by atoms with Crippen molar-refractivity contribution < 1.29 is 14.3 Å². The van der Waals surface area contributed by atoms with E-state index in [1.165, 1.54) is 0 Å². The molecule has 4 heteroatoms. The van der Waals surface area contributed by atoms with Crippen LogP contribution in [-0.4, -0.2) is 11.7 Å². The van der Waals surface area contributed by atoms with Crippen LogP contribution < -0.4 is 5.73 Å². The molecule has 0 bridgehead atoms. The lowest BCUT2D eigenvalue weighted by atomic mass is 10.1. The average Bonchev–Trinajstić information content (AvgIpc) is 2.41. The topological polar surface area (TPSA) is 61.6 Å². The number of nitrogens with two attached hydrogens (primary N) is 1. The van der Waals surface area contributed by atoms with Crippen LogP contribution >= 0.6 is 0 Å². The van der Waals surface area contributed by atoms with Crippen LogP contribution in [0.5, 0.6) is 0 Å². The van der Waals surface area contributed by atoms with Gasteiger partial charge in [-0.3, -0.25) is 4.79 Å². The maximum absolute atomic E-state index is 11.0. The fourth-order valence-electron chi connectivity index (χ4n) is 1.48. The summed E-state index contributed by atoms with van der Waals surface area (Å²) in [7, 11) is 0. The van der Waals surface area contributed by atoms with Gasteiger partial charge in [-0.2, -0.15) is 0 Å². The molecular weight excluding hydrogens is 170 g/mol. The van der Waals surface area contributed by atoms with Crippen LogP contribution in [0.2, 0.25) is 0 Å². The minimum Gasteiger partial charge on any atom is -0.452 e. The molecule has 0 saturated carbocycles. The molecule has 0 saturated heterocycles. The van der Waals surface area contributed by atoms with Crippen molar-refractivity contribution in [3.8, 4) is 0 Å². The summed E-state index contributed by atoms with van der Waals surface area (Å²) in [6.45, 7) is 3.58. The number of hydrogen-bond acceptors (Lipinski definition) is 3. The van der Waals surface area contributed by atoms with Gasteiger partial charge in [0.15, 0.2) is 11.5 Å². The van der Waals surface area contributed by atoms with Crippen LogP contribution in [-0.2, 0) is 14.3 Å². The van der Waals surface area contributed by atoms with Crippen molar-refractivity contribution >= 4 is 5.91 Å². The summed E-state index contributed by atoms with van der Waals surface area (Å²) in [6.07, 6.45) is 3.40. The molecular formula is C9H11NO3. The van der Waals surface area contributed by atoms with Crippen LogP contribution in [0.1, 0.15) is 13.8 Å². The van der Waals surface area contributed by atoms with E-state index in [1.54, 1.807) is 26.0 Å². The minimum atomic E-state index is -0.677. The Bertz CT molecular complexity index is 328. The summed E-state index contributed by atoms with van der Waals surface area (Å²) in [6, 6.07) is 0. The minimum absolute atomic E-state index is 0.414. The van der Waals surface area contributed by atoms with Gasteiger partial charge >= 0.3 is 0 Å². The lowest BCUT2D eigenvalue weighted by molar-refractivity contribution is -0.132. The lowest BCUT2D eigenvalue weighted by Gasteiger charge is -2.20. The van der Waals surface area contributed by atoms with Gasteiger partial charge in [0.2, 0.25) is 11.7 Å². The second-order valence-electron chi connectivity index (χ2n) is 3.57. The first kappa shape index (κ1) is 8.16. The Morgan fingerprint density at radius 2 is 2.23 bits per heavy atom. The summed E-state index contributed by atoms with van der Waals surface area (Å²) >= 11 is 0. The number of primary amides is 1. The molecule has 1 aliphatic heterocycles. The fourth-order valence-corrected chi connectivity index (χ4v) is 1.48. The number of allylic oxidation sites excluding steroid dienone is 1. The Kier molecular flexibility index (Phi) is 1.43. The van der Waals surface area contributed by atoms with Crippen molar-refractivity contribution in [2.24, 2.45) is 11.7 Å². The molecule has 0 spiro atoms. The molecule has 2 N–H and O–H groups in total. The van der Waals surface area contributed by atoms with Crippen LogP contribution in [0.15, 0.2) is 23.7 Å². The van der Waals surface area contributed by atoms with Crippen molar-refractivity contribution in [3.05, 3.63) is 23.7 Å². The molecule has 1 amide bonds. The number of carbonyl (C=O) groups excluding carboxylic acids is 1. The standard InChI is InChI=1S/C9H11NO3/c1-9(2)12-6-4-3-5(8(10)11)7(6)13-9/h3-5H,1-2H3,(H2,10,11). The largest absolute Gasteiger partial charge is 0.452 e. The fraction of sp³-hybridized carbons (Fsp3) is 0.444. The van der Waals surface area contributed by atoms with Gasteiger partial charge in [-0.15, -0.1) is 0 Å². The van der Waals surface area contributed by atoms with Crippen LogP contribution in [0.3, 0.4) is 0 Å². The number of carbonyl (C=O) groups is 1. The van der Waals surface area contributed by atoms with Crippen molar-refractivity contribution in [1.29, 1.82) is 0 Å². The van der Waals surface area contributed by atoms with E-state index in [4.69, 9.17) is 15.2 Å². The van der Waals surface area contributed by atoms with E-state index >= 15 is 0 Å². The Labute approximate surface area is 76.0 Å². The molecule has 1 atom stereocenters. The highest BCUT2D eigenvalue weighted by Crippen LogP contribution is 2.39. The summed E-state index contributed by atoms with van der Waals surface area (Å²) in [4.78, 5) is 11.0. The van der Waals surface area contributed by atoms with Crippen molar-refractivity contribution in [1.82, 2.24) is 0 Å². The third-order valence-corrected chi connectivity index (χ3v) is 1.98. The maximum atomic E-state index is 11.0. The molecule has 1 heterocycles. The molecule has 0 radical (unpaired) electrons. The molecule has 2 rings (SSSR count). The van der Waals surface area contributed by atoms with Gasteiger partial charge in [-0.25, -0.2) is 0 Å². The molecule has 2 aliphatic rings. The van der Waals surface area contributed by atoms with Gasteiger partial charge in [0.1, 0.15) is 5.92 Å². The zero-order valence-electron chi connectivity index (χ0n) is 7.53. The molecule has 0 aromatic rings. The smallest absolute Gasteiger partial charge is 0.245 e. The predicted octanol–water partition coefficient (Wildman–Crippen LogP) is 0.652. The third-order valence-electron chi connectivity index (χ3n) is 1.98. The molecule has 1 aliphatic carbocycles. The maximum Gasteiger partial charge on any atom is 0.245 e. The molecule has 70 valence electrons. The highest BCUT2D eigenvalue weighted by atomic mass is 16.7. The van der Waals surface area contributed by atoms with E-state index in [0.29, 0.717) is 11.5 Å². The summed E-state index contributed by atoms with van der Waals surface area (Å²) in [5, 5.41) is 0. The second-order valence-corrected chi connectivity index (χ2v) is 3.57. The number of rotatable bonds is 1. The number of ether oxygens (including phenoxy) is 2. The SMILES string of the molecule is CC1(C)OC2=C(O1)C(C(N)=O)C=C2. The van der Waals surface area contributed by atoms with Gasteiger partial charge in [0.25, 0.3) is 0 Å². The number of hydrogen-bond donors (Lipinski definition) is 1. The Balaban J connectivity index is 2.26. The number of amides is 1. The molecule has 0 aromatic heterocycles. The van der Waals surface area contributed by atoms with Gasteiger partial charge in [-0.05, 0) is 6.08 Å². The Morgan fingerprint density at radius 3 is 2.85 bits per heavy atom. The summed E-state index contributed by atoms with van der Waals surface area (Å²) in [5.74, 6) is -0.394. The van der Waals surface area contributed by atoms with E-state index in [0.717, 1.165) is 0 Å². The summed E-state index contributed by atoms with van der Waals surface area (Å²) in [5.41, 5.74) is 5.18. The van der Waals surface area contributed by atoms with Crippen molar-refractivity contribution in [2.75, 3.05) is 0 Å². The molecule has 0 aromatic carbocycles. The van der Waals surface area contributed by atoms with Crippen LogP contribution in [0.4, 0.5) is 0 Å². The molecule has 13 heavy (non-hydrogen) atoms. The van der Waals surface area contributed by atoms with Gasteiger partial charge in [0, 0.05) is 13.8 Å². The lowest BCUT2D eigenvalue weighted by Crippen LogP contribution is -2.27. The summed E-state index contributed by atoms with van der Waals surface area (Å²) < 4.78 is 10.9. The Hall–Kier alpha value is -1.45. The first-order chi connectivity index (χ1) is 5.99. The first-order valence-electron chi connectivity index (χ1n) is 4.09. The normalized spacial score (nSPS) is 28.3. The molecule has 4 nitrogen and oxygen atoms in total. The monoisotopic (exact) mass is 181 g/mol. The van der Waals surface area contributed by atoms with Crippen molar-refractivity contribution in [3.63, 3.8) is 0 Å². The van der Waals surface area contributed by atoms with Gasteiger partial charge < -0.3 is 15.2 Å². The quantitative estimate of drug-likeness (QED) is 0.646. The molecule has 1 unspecified atom stereocenters. The zero-order valence-corrected chi connectivity index (χ0v) is 7.53. The van der Waals surface area contributed by atoms with Crippen molar-refractivity contribution in [2.45, 2.75) is 19.6 Å². The second kappa shape index (κ2) is 2.28. The van der Waals surface area contributed by atoms with E-state index in [9.17, 15) is 4.79 Å². The van der Waals surface area contributed by atoms with Gasteiger partial charge in [0.05, 0.1) is 0 Å². The molecule has 0 fully saturated rings. The Morgan fingerprint density at radius 1 is 1.54 bits per heavy atom. The van der Waals surface area contributed by atoms with Crippen LogP contribution in [0.25, 0.3) is 0 Å². The zero-order chi connectivity index (χ0) is 9.64. The van der Waals surface area contributed by atoms with Gasteiger partial charge in [-0.1, -0.05) is 6.08 Å². The van der Waals surface area contributed by atoms with E-state index in [-0.39, 0.29) is 0 Å². The average molecular weight is 181 g/mol. The first-order valence-corrected chi connectivity index (χ1v) is 4.09. The van der Waals surface area contributed by atoms with E-state index in [1.807, 2.05) is 0 Å². The van der Waals surface area contributed by atoms with E-state index in [2.05, 4.69) is 0 Å². The van der Waals surface area contributed by atoms with E-state index < -0.39 is 17.6 Å². The highest BCUT2D eigenvalue weighted by molar-refractivity contribution is 5.82.